The molecule has 0 aromatic heterocycles. The Labute approximate surface area is 91.0 Å². The van der Waals surface area contributed by atoms with Crippen molar-refractivity contribution in [3.63, 3.8) is 0 Å². The third-order valence-corrected chi connectivity index (χ3v) is 2.66. The van der Waals surface area contributed by atoms with Gasteiger partial charge < -0.3 is 15.3 Å². The summed E-state index contributed by atoms with van der Waals surface area (Å²) in [5.41, 5.74) is 0. The van der Waals surface area contributed by atoms with Crippen LogP contribution in [0.1, 0.15) is 19.3 Å². The molecule has 0 radical (unpaired) electrons. The lowest BCUT2D eigenvalue weighted by atomic mass is 10.1. The zero-order valence-electron chi connectivity index (χ0n) is 9.11. The number of hydrogen-bond donors (Lipinski definition) is 2. The highest BCUT2D eigenvalue weighted by molar-refractivity contribution is 5.77. The molecule has 1 atom stereocenters. The highest BCUT2D eigenvalue weighted by Gasteiger charge is 2.20. The number of carbonyl (C=O) groups is 1. The van der Waals surface area contributed by atoms with Crippen molar-refractivity contribution >= 4 is 5.91 Å². The van der Waals surface area contributed by atoms with Crippen LogP contribution < -0.4 is 5.32 Å². The zero-order valence-corrected chi connectivity index (χ0v) is 9.11. The summed E-state index contributed by atoms with van der Waals surface area (Å²) in [5, 5.41) is 12.1. The van der Waals surface area contributed by atoms with Gasteiger partial charge in [0.2, 0.25) is 5.91 Å². The fourth-order valence-electron chi connectivity index (χ4n) is 1.87. The fraction of sp³-hybridized carbons (Fsp3) is 0.727. The number of nitrogens with zero attached hydrogens (tertiary/aromatic N) is 1. The average Bonchev–Trinajstić information content (AvgIpc) is 2.70. The smallest absolute Gasteiger partial charge is 0.224 e. The number of carbonyl (C=O) groups excluding carboxylic acids is 1. The third-order valence-electron chi connectivity index (χ3n) is 2.66. The highest BCUT2D eigenvalue weighted by atomic mass is 16.3. The van der Waals surface area contributed by atoms with Crippen LogP contribution in [-0.4, -0.2) is 48.2 Å². The Morgan fingerprint density at radius 2 is 2.47 bits per heavy atom. The minimum absolute atomic E-state index is 0.0116. The van der Waals surface area contributed by atoms with Crippen LogP contribution in [0.5, 0.6) is 0 Å². The molecule has 1 rings (SSSR count). The van der Waals surface area contributed by atoms with Crippen molar-refractivity contribution in [1.29, 1.82) is 0 Å². The number of aliphatic hydroxyl groups is 1. The summed E-state index contributed by atoms with van der Waals surface area (Å²) in [6.45, 7) is 5.55. The summed E-state index contributed by atoms with van der Waals surface area (Å²) in [6, 6.07) is 0.323. The fourth-order valence-corrected chi connectivity index (χ4v) is 1.87. The van der Waals surface area contributed by atoms with Crippen LogP contribution in [0.4, 0.5) is 0 Å². The molecular weight excluding hydrogens is 192 g/mol. The summed E-state index contributed by atoms with van der Waals surface area (Å²) in [7, 11) is 0. The third kappa shape index (κ3) is 4.01. The number of amides is 1. The van der Waals surface area contributed by atoms with Crippen molar-refractivity contribution in [3.05, 3.63) is 12.7 Å². The molecule has 1 aliphatic heterocycles. The van der Waals surface area contributed by atoms with E-state index in [1.807, 2.05) is 0 Å². The molecule has 86 valence electrons. The first-order valence-corrected chi connectivity index (χ1v) is 5.51. The molecule has 15 heavy (non-hydrogen) atoms. The van der Waals surface area contributed by atoms with E-state index in [2.05, 4.69) is 11.9 Å². The van der Waals surface area contributed by atoms with Gasteiger partial charge in [0.15, 0.2) is 0 Å². The molecule has 1 saturated heterocycles. The maximum Gasteiger partial charge on any atom is 0.224 e. The quantitative estimate of drug-likeness (QED) is 0.616. The van der Waals surface area contributed by atoms with E-state index in [1.54, 1.807) is 11.0 Å². The van der Waals surface area contributed by atoms with Crippen LogP contribution in [0, 0.1) is 0 Å². The molecule has 0 bridgehead atoms. The van der Waals surface area contributed by atoms with Gasteiger partial charge in [0, 0.05) is 25.6 Å². The van der Waals surface area contributed by atoms with Crippen LogP contribution in [0.3, 0.4) is 0 Å². The van der Waals surface area contributed by atoms with Crippen molar-refractivity contribution in [2.45, 2.75) is 25.3 Å². The molecule has 2 N–H and O–H groups in total. The standard InChI is InChI=1S/C11H20N2O2/c1-2-6-13(7-8-14)11(15)9-10-4-3-5-12-10/h2,10,12,14H,1,3-9H2. The monoisotopic (exact) mass is 212 g/mol. The molecule has 0 aromatic carbocycles. The Morgan fingerprint density at radius 1 is 1.67 bits per heavy atom. The molecule has 0 aliphatic carbocycles. The Kier molecular flexibility index (Phi) is 5.36. The Bertz CT molecular complexity index is 213. The van der Waals surface area contributed by atoms with Crippen LogP contribution in [0.15, 0.2) is 12.7 Å². The normalized spacial score (nSPS) is 20.2. The minimum atomic E-state index is 0.0116. The van der Waals surface area contributed by atoms with E-state index >= 15 is 0 Å². The average molecular weight is 212 g/mol. The SMILES string of the molecule is C=CCN(CCO)C(=O)CC1CCCN1. The Hall–Kier alpha value is -0.870. The molecule has 0 aromatic rings. The van der Waals surface area contributed by atoms with Crippen LogP contribution in [-0.2, 0) is 4.79 Å². The van der Waals surface area contributed by atoms with Crippen LogP contribution >= 0.6 is 0 Å². The second-order valence-corrected chi connectivity index (χ2v) is 3.85. The van der Waals surface area contributed by atoms with Gasteiger partial charge in [-0.05, 0) is 19.4 Å². The van der Waals surface area contributed by atoms with Gasteiger partial charge in [-0.15, -0.1) is 6.58 Å². The summed E-state index contributed by atoms with van der Waals surface area (Å²) >= 11 is 0. The first-order chi connectivity index (χ1) is 7.27. The molecule has 1 heterocycles. The second kappa shape index (κ2) is 6.58. The maximum absolute atomic E-state index is 11.8. The predicted molar refractivity (Wildman–Crippen MR) is 59.5 cm³/mol. The predicted octanol–water partition coefficient (Wildman–Crippen LogP) is 0.135. The topological polar surface area (TPSA) is 52.6 Å². The molecule has 1 fully saturated rings. The summed E-state index contributed by atoms with van der Waals surface area (Å²) < 4.78 is 0. The molecule has 0 saturated carbocycles. The number of hydrogen-bond acceptors (Lipinski definition) is 3. The van der Waals surface area contributed by atoms with Crippen molar-refractivity contribution in [2.75, 3.05) is 26.2 Å². The van der Waals surface area contributed by atoms with E-state index in [9.17, 15) is 4.79 Å². The molecule has 1 amide bonds. The number of nitrogens with one attached hydrogen (secondary N) is 1. The van der Waals surface area contributed by atoms with Gasteiger partial charge in [-0.2, -0.15) is 0 Å². The van der Waals surface area contributed by atoms with Gasteiger partial charge >= 0.3 is 0 Å². The summed E-state index contributed by atoms with van der Waals surface area (Å²) in [4.78, 5) is 13.5. The van der Waals surface area contributed by atoms with E-state index in [4.69, 9.17) is 5.11 Å². The molecule has 4 nitrogen and oxygen atoms in total. The first-order valence-electron chi connectivity index (χ1n) is 5.51. The van der Waals surface area contributed by atoms with E-state index in [1.165, 1.54) is 0 Å². The first kappa shape index (κ1) is 12.2. The number of aliphatic hydroxyl groups excluding tert-OH is 1. The maximum atomic E-state index is 11.8. The van der Waals surface area contributed by atoms with Crippen LogP contribution in [0.25, 0.3) is 0 Å². The van der Waals surface area contributed by atoms with Gasteiger partial charge in [0.05, 0.1) is 6.61 Å². The van der Waals surface area contributed by atoms with Gasteiger partial charge in [-0.25, -0.2) is 0 Å². The lowest BCUT2D eigenvalue weighted by molar-refractivity contribution is -0.131. The van der Waals surface area contributed by atoms with Crippen molar-refractivity contribution in [1.82, 2.24) is 10.2 Å². The zero-order chi connectivity index (χ0) is 11.1. The Morgan fingerprint density at radius 3 is 3.00 bits per heavy atom. The minimum Gasteiger partial charge on any atom is -0.395 e. The largest absolute Gasteiger partial charge is 0.395 e. The highest BCUT2D eigenvalue weighted by Crippen LogP contribution is 2.10. The summed E-state index contributed by atoms with van der Waals surface area (Å²) in [6.07, 6.45) is 4.45. The Balaban J connectivity index is 2.36. The molecule has 0 spiro atoms. The van der Waals surface area contributed by atoms with Gasteiger partial charge in [0.25, 0.3) is 0 Å². The molecule has 4 heteroatoms. The molecule has 1 unspecified atom stereocenters. The lowest BCUT2D eigenvalue weighted by Gasteiger charge is -2.21. The van der Waals surface area contributed by atoms with E-state index < -0.39 is 0 Å². The van der Waals surface area contributed by atoms with E-state index in [0.717, 1.165) is 19.4 Å². The van der Waals surface area contributed by atoms with E-state index in [-0.39, 0.29) is 12.5 Å². The van der Waals surface area contributed by atoms with Crippen molar-refractivity contribution in [2.24, 2.45) is 0 Å². The van der Waals surface area contributed by atoms with Crippen molar-refractivity contribution < 1.29 is 9.90 Å². The second-order valence-electron chi connectivity index (χ2n) is 3.85. The molecular formula is C11H20N2O2. The van der Waals surface area contributed by atoms with Crippen molar-refractivity contribution in [3.8, 4) is 0 Å². The summed E-state index contributed by atoms with van der Waals surface area (Å²) in [5.74, 6) is 0.100. The van der Waals surface area contributed by atoms with Gasteiger partial charge in [-0.1, -0.05) is 6.08 Å². The molecule has 1 aliphatic rings. The van der Waals surface area contributed by atoms with E-state index in [0.29, 0.717) is 25.6 Å². The van der Waals surface area contributed by atoms with Crippen LogP contribution in [0.2, 0.25) is 0 Å². The number of rotatable bonds is 6. The van der Waals surface area contributed by atoms with Gasteiger partial charge in [0.1, 0.15) is 0 Å². The van der Waals surface area contributed by atoms with Gasteiger partial charge in [-0.3, -0.25) is 4.79 Å². The lowest BCUT2D eigenvalue weighted by Crippen LogP contribution is -2.37.